The smallest absolute Gasteiger partial charge is 0.259 e. The van der Waals surface area contributed by atoms with Crippen LogP contribution in [-0.2, 0) is 6.42 Å². The summed E-state index contributed by atoms with van der Waals surface area (Å²) in [6, 6.07) is 11.9. The van der Waals surface area contributed by atoms with Crippen molar-refractivity contribution in [3.8, 4) is 0 Å². The van der Waals surface area contributed by atoms with E-state index in [4.69, 9.17) is 0 Å². The quantitative estimate of drug-likeness (QED) is 0.869. The lowest BCUT2D eigenvalue weighted by Crippen LogP contribution is -2.29. The van der Waals surface area contributed by atoms with E-state index in [-0.39, 0.29) is 5.91 Å². The molecule has 0 fully saturated rings. The molecule has 120 valence electrons. The number of carbonyl (C=O) groups excluding carboxylic acids is 1. The van der Waals surface area contributed by atoms with Crippen molar-refractivity contribution in [2.45, 2.75) is 20.3 Å². The van der Waals surface area contributed by atoms with Crippen LogP contribution in [0.5, 0.6) is 0 Å². The van der Waals surface area contributed by atoms with Gasteiger partial charge in [-0.05, 0) is 36.1 Å². The minimum Gasteiger partial charge on any atom is -0.359 e. The van der Waals surface area contributed by atoms with Gasteiger partial charge in [-0.25, -0.2) is 4.98 Å². The second kappa shape index (κ2) is 6.41. The predicted octanol–water partition coefficient (Wildman–Crippen LogP) is 3.38. The molecule has 0 unspecified atom stereocenters. The highest BCUT2D eigenvalue weighted by Gasteiger charge is 2.25. The summed E-state index contributed by atoms with van der Waals surface area (Å²) in [5.41, 5.74) is 2.91. The van der Waals surface area contributed by atoms with E-state index in [2.05, 4.69) is 29.8 Å². The van der Waals surface area contributed by atoms with Crippen LogP contribution in [0.15, 0.2) is 42.6 Å². The van der Waals surface area contributed by atoms with Crippen molar-refractivity contribution in [2.75, 3.05) is 29.9 Å². The molecule has 0 saturated carbocycles. The van der Waals surface area contributed by atoms with Crippen molar-refractivity contribution in [3.63, 3.8) is 0 Å². The molecule has 1 aromatic carbocycles. The molecule has 0 saturated heterocycles. The van der Waals surface area contributed by atoms with Crippen LogP contribution in [0.1, 0.15) is 29.8 Å². The number of amides is 1. The summed E-state index contributed by atoms with van der Waals surface area (Å²) in [6.45, 7) is 6.05. The molecule has 4 heteroatoms. The first-order chi connectivity index (χ1) is 11.1. The fourth-order valence-corrected chi connectivity index (χ4v) is 3.08. The van der Waals surface area contributed by atoms with Gasteiger partial charge >= 0.3 is 0 Å². The zero-order valence-electron chi connectivity index (χ0n) is 14.0. The summed E-state index contributed by atoms with van der Waals surface area (Å²) in [6.07, 6.45) is 2.61. The first kappa shape index (κ1) is 15.5. The van der Waals surface area contributed by atoms with E-state index in [0.717, 1.165) is 31.0 Å². The minimum absolute atomic E-state index is 0.0283. The topological polar surface area (TPSA) is 36.4 Å². The number of aromatic nitrogens is 1. The molecule has 0 bridgehead atoms. The number of anilines is 2. The molecular weight excluding hydrogens is 286 g/mol. The third kappa shape index (κ3) is 3.21. The van der Waals surface area contributed by atoms with Crippen LogP contribution < -0.4 is 9.80 Å². The van der Waals surface area contributed by atoms with E-state index in [1.807, 2.05) is 42.3 Å². The SMILES string of the molecule is CC(C)CN(C)c1ccc(C(=O)N2CCc3ccccc32)cn1. The molecule has 0 aliphatic carbocycles. The number of para-hydroxylation sites is 1. The molecule has 2 aromatic rings. The molecular formula is C19H23N3O. The first-order valence-corrected chi connectivity index (χ1v) is 8.13. The predicted molar refractivity (Wildman–Crippen MR) is 94.2 cm³/mol. The third-order valence-corrected chi connectivity index (χ3v) is 4.16. The van der Waals surface area contributed by atoms with Crippen molar-refractivity contribution in [2.24, 2.45) is 5.92 Å². The molecule has 0 N–H and O–H groups in total. The number of hydrogen-bond acceptors (Lipinski definition) is 3. The molecule has 1 aliphatic rings. The lowest BCUT2D eigenvalue weighted by molar-refractivity contribution is 0.0989. The standard InChI is InChI=1S/C19H23N3O/c1-14(2)13-21(3)18-9-8-16(12-20-18)19(23)22-11-10-15-6-4-5-7-17(15)22/h4-9,12,14H,10-11,13H2,1-3H3. The monoisotopic (exact) mass is 309 g/mol. The van der Waals surface area contributed by atoms with E-state index < -0.39 is 0 Å². The van der Waals surface area contributed by atoms with E-state index in [1.54, 1.807) is 6.20 Å². The summed E-state index contributed by atoms with van der Waals surface area (Å²) >= 11 is 0. The number of carbonyl (C=O) groups is 1. The average molecular weight is 309 g/mol. The molecule has 23 heavy (non-hydrogen) atoms. The van der Waals surface area contributed by atoms with Gasteiger partial charge in [0.05, 0.1) is 5.56 Å². The van der Waals surface area contributed by atoms with Crippen LogP contribution in [0.25, 0.3) is 0 Å². The van der Waals surface area contributed by atoms with Gasteiger partial charge in [-0.1, -0.05) is 32.0 Å². The Hall–Kier alpha value is -2.36. The summed E-state index contributed by atoms with van der Waals surface area (Å²) in [7, 11) is 2.03. The van der Waals surface area contributed by atoms with Crippen molar-refractivity contribution in [1.29, 1.82) is 0 Å². The van der Waals surface area contributed by atoms with Crippen molar-refractivity contribution in [3.05, 3.63) is 53.7 Å². The second-order valence-corrected chi connectivity index (χ2v) is 6.51. The minimum atomic E-state index is 0.0283. The van der Waals surface area contributed by atoms with Gasteiger partial charge in [-0.2, -0.15) is 0 Å². The Morgan fingerprint density at radius 2 is 2.04 bits per heavy atom. The fraction of sp³-hybridized carbons (Fsp3) is 0.368. The van der Waals surface area contributed by atoms with E-state index >= 15 is 0 Å². The Morgan fingerprint density at radius 3 is 2.74 bits per heavy atom. The van der Waals surface area contributed by atoms with Crippen molar-refractivity contribution >= 4 is 17.4 Å². The highest BCUT2D eigenvalue weighted by Crippen LogP contribution is 2.28. The fourth-order valence-electron chi connectivity index (χ4n) is 3.08. The normalized spacial score (nSPS) is 13.3. The average Bonchev–Trinajstić information content (AvgIpc) is 2.97. The molecule has 1 aliphatic heterocycles. The number of fused-ring (bicyclic) bond motifs is 1. The van der Waals surface area contributed by atoms with Crippen LogP contribution in [-0.4, -0.2) is 31.0 Å². The van der Waals surface area contributed by atoms with Crippen molar-refractivity contribution < 1.29 is 4.79 Å². The molecule has 0 atom stereocenters. The maximum Gasteiger partial charge on any atom is 0.259 e. The summed E-state index contributed by atoms with van der Waals surface area (Å²) in [5, 5.41) is 0. The van der Waals surface area contributed by atoms with Crippen LogP contribution in [0, 0.1) is 5.92 Å². The van der Waals surface area contributed by atoms with Gasteiger partial charge in [0.25, 0.3) is 5.91 Å². The zero-order valence-corrected chi connectivity index (χ0v) is 14.0. The Bertz CT molecular complexity index is 694. The van der Waals surface area contributed by atoms with E-state index in [1.165, 1.54) is 5.56 Å². The zero-order chi connectivity index (χ0) is 16.4. The Labute approximate surface area is 137 Å². The largest absolute Gasteiger partial charge is 0.359 e. The molecule has 0 radical (unpaired) electrons. The van der Waals surface area contributed by atoms with E-state index in [9.17, 15) is 4.79 Å². The van der Waals surface area contributed by atoms with Gasteiger partial charge in [0.15, 0.2) is 0 Å². The van der Waals surface area contributed by atoms with Gasteiger partial charge in [0, 0.05) is 32.0 Å². The maximum absolute atomic E-state index is 12.7. The van der Waals surface area contributed by atoms with Crippen LogP contribution >= 0.6 is 0 Å². The van der Waals surface area contributed by atoms with Gasteiger partial charge in [-0.15, -0.1) is 0 Å². The Morgan fingerprint density at radius 1 is 1.26 bits per heavy atom. The van der Waals surface area contributed by atoms with Gasteiger partial charge in [0.2, 0.25) is 0 Å². The summed E-state index contributed by atoms with van der Waals surface area (Å²) in [5.74, 6) is 1.50. The molecule has 1 amide bonds. The molecule has 0 spiro atoms. The summed E-state index contributed by atoms with van der Waals surface area (Å²) < 4.78 is 0. The maximum atomic E-state index is 12.7. The Balaban J connectivity index is 1.76. The van der Waals surface area contributed by atoms with Gasteiger partial charge in [0.1, 0.15) is 5.82 Å². The second-order valence-electron chi connectivity index (χ2n) is 6.51. The summed E-state index contributed by atoms with van der Waals surface area (Å²) in [4.78, 5) is 21.2. The number of rotatable bonds is 4. The lowest BCUT2D eigenvalue weighted by Gasteiger charge is -2.21. The number of nitrogens with zero attached hydrogens (tertiary/aromatic N) is 3. The highest BCUT2D eigenvalue weighted by molar-refractivity contribution is 6.07. The highest BCUT2D eigenvalue weighted by atomic mass is 16.2. The molecule has 2 heterocycles. The molecule has 1 aromatic heterocycles. The third-order valence-electron chi connectivity index (χ3n) is 4.16. The van der Waals surface area contributed by atoms with E-state index in [0.29, 0.717) is 11.5 Å². The Kier molecular flexibility index (Phi) is 4.33. The first-order valence-electron chi connectivity index (χ1n) is 8.13. The van der Waals surface area contributed by atoms with Gasteiger partial charge < -0.3 is 9.80 Å². The number of pyridine rings is 1. The molecule has 3 rings (SSSR count). The van der Waals surface area contributed by atoms with Crippen LogP contribution in [0.3, 0.4) is 0 Å². The number of hydrogen-bond donors (Lipinski definition) is 0. The number of benzene rings is 1. The molecule has 4 nitrogen and oxygen atoms in total. The lowest BCUT2D eigenvalue weighted by atomic mass is 10.2. The van der Waals surface area contributed by atoms with Crippen molar-refractivity contribution in [1.82, 2.24) is 4.98 Å². The van der Waals surface area contributed by atoms with Gasteiger partial charge in [-0.3, -0.25) is 4.79 Å². The van der Waals surface area contributed by atoms with Crippen LogP contribution in [0.4, 0.5) is 11.5 Å². The van der Waals surface area contributed by atoms with Crippen LogP contribution in [0.2, 0.25) is 0 Å².